The minimum Gasteiger partial charge on any atom is -0.473 e. The first kappa shape index (κ1) is 31.2. The molecule has 0 spiro atoms. The van der Waals surface area contributed by atoms with Crippen molar-refractivity contribution in [1.29, 1.82) is 0 Å². The fraction of sp³-hybridized carbons (Fsp3) is 0.243. The van der Waals surface area contributed by atoms with Gasteiger partial charge in [-0.25, -0.2) is 18.9 Å². The molecular formula is C37H33ClFN7O3. The highest BCUT2D eigenvalue weighted by molar-refractivity contribution is 6.30. The number of carbonyl (C=O) groups is 1. The second-order valence-electron chi connectivity index (χ2n) is 12.3. The summed E-state index contributed by atoms with van der Waals surface area (Å²) < 4.78 is 29.8. The van der Waals surface area contributed by atoms with Crippen LogP contribution in [0.5, 0.6) is 5.88 Å². The topological polar surface area (TPSA) is 98.8 Å². The normalized spacial score (nSPS) is 16.4. The third-order valence-electron chi connectivity index (χ3n) is 9.03. The second-order valence-corrected chi connectivity index (χ2v) is 12.7. The molecule has 1 saturated heterocycles. The number of hydrogen-bond donors (Lipinski definition) is 1. The Kier molecular flexibility index (Phi) is 8.54. The van der Waals surface area contributed by atoms with Crippen molar-refractivity contribution in [3.63, 3.8) is 0 Å². The third kappa shape index (κ3) is 6.78. The van der Waals surface area contributed by atoms with Crippen molar-refractivity contribution in [2.75, 3.05) is 25.0 Å². The van der Waals surface area contributed by atoms with Crippen LogP contribution in [-0.4, -0.2) is 60.8 Å². The van der Waals surface area contributed by atoms with Crippen molar-refractivity contribution in [1.82, 2.24) is 29.0 Å². The molecule has 0 bridgehead atoms. The number of imidazole rings is 1. The number of rotatable bonds is 10. The molecule has 6 aromatic rings. The summed E-state index contributed by atoms with van der Waals surface area (Å²) in [5.41, 5.74) is 6.30. The predicted octanol–water partition coefficient (Wildman–Crippen LogP) is 6.78. The molecule has 1 unspecified atom stereocenters. The lowest BCUT2D eigenvalue weighted by molar-refractivity contribution is -0.0591. The molecule has 49 heavy (non-hydrogen) atoms. The number of benzene rings is 2. The Morgan fingerprint density at radius 3 is 2.82 bits per heavy atom. The van der Waals surface area contributed by atoms with Crippen LogP contribution in [0.1, 0.15) is 40.3 Å². The van der Waals surface area contributed by atoms with E-state index < -0.39 is 5.82 Å². The number of amides is 1. The molecule has 8 rings (SSSR count). The van der Waals surface area contributed by atoms with Gasteiger partial charge in [0.15, 0.2) is 0 Å². The van der Waals surface area contributed by atoms with E-state index in [1.807, 2.05) is 54.7 Å². The van der Waals surface area contributed by atoms with Crippen LogP contribution >= 0.6 is 11.6 Å². The van der Waals surface area contributed by atoms with Gasteiger partial charge in [-0.15, -0.1) is 0 Å². The van der Waals surface area contributed by atoms with Gasteiger partial charge < -0.3 is 19.4 Å². The summed E-state index contributed by atoms with van der Waals surface area (Å²) in [4.78, 5) is 25.3. The summed E-state index contributed by atoms with van der Waals surface area (Å²) in [6, 6.07) is 21.5. The number of ether oxygens (including phenoxy) is 2. The minimum atomic E-state index is -0.404. The molecule has 1 N–H and O–H groups in total. The highest BCUT2D eigenvalue weighted by atomic mass is 35.5. The summed E-state index contributed by atoms with van der Waals surface area (Å²) in [6.45, 7) is 3.77. The van der Waals surface area contributed by atoms with Gasteiger partial charge in [-0.2, -0.15) is 5.10 Å². The maximum Gasteiger partial charge on any atom is 0.255 e. The van der Waals surface area contributed by atoms with Crippen LogP contribution in [0.25, 0.3) is 22.1 Å². The Balaban J connectivity index is 0.963. The maximum atomic E-state index is 14.2. The highest BCUT2D eigenvalue weighted by Crippen LogP contribution is 2.27. The predicted molar refractivity (Wildman–Crippen MR) is 185 cm³/mol. The summed E-state index contributed by atoms with van der Waals surface area (Å²) in [5, 5.41) is 7.56. The van der Waals surface area contributed by atoms with Gasteiger partial charge in [0.2, 0.25) is 5.88 Å². The van der Waals surface area contributed by atoms with E-state index in [0.717, 1.165) is 66.2 Å². The second kappa shape index (κ2) is 13.4. The fourth-order valence-corrected chi connectivity index (χ4v) is 6.39. The number of anilines is 1. The van der Waals surface area contributed by atoms with Crippen molar-refractivity contribution in [3.8, 4) is 5.88 Å². The average Bonchev–Trinajstić information content (AvgIpc) is 3.70. The number of fused-ring (bicyclic) bond motifs is 2. The lowest BCUT2D eigenvalue weighted by atomic mass is 10.0. The molecule has 0 saturated carbocycles. The molecule has 2 aliphatic rings. The number of nitrogens with zero attached hydrogens (tertiary/aromatic N) is 6. The van der Waals surface area contributed by atoms with Gasteiger partial charge in [0.1, 0.15) is 18.2 Å². The fourth-order valence-electron chi connectivity index (χ4n) is 6.23. The summed E-state index contributed by atoms with van der Waals surface area (Å²) in [5.74, 6) is 0.778. The first-order valence-corrected chi connectivity index (χ1v) is 16.6. The number of hydrogen-bond acceptors (Lipinski definition) is 7. The molecule has 1 atom stereocenters. The standard InChI is InChI=1S/C37H33ClFN7O3/c38-27-6-4-26(31(39)19-27)23-49-36-3-1-2-32(43-36)24-9-14-44(15-10-24)22-35-42-33-18-25(5-7-34(33)45(35)21-30-12-17-48-30)37(47)41-28-11-16-46-29(20-28)8-13-40-46/h1-9,11,13,16,18-20,30H,10,12,14-15,17,21-23H2,(H,41,47). The number of nitrogens with one attached hydrogen (secondary N) is 1. The lowest BCUT2D eigenvalue weighted by Gasteiger charge is -2.29. The first-order valence-electron chi connectivity index (χ1n) is 16.3. The molecule has 10 nitrogen and oxygen atoms in total. The van der Waals surface area contributed by atoms with E-state index in [2.05, 4.69) is 26.0 Å². The Morgan fingerprint density at radius 2 is 2.00 bits per heavy atom. The van der Waals surface area contributed by atoms with Crippen LogP contribution in [0.3, 0.4) is 0 Å². The molecule has 2 aromatic carbocycles. The van der Waals surface area contributed by atoms with Gasteiger partial charge in [0.05, 0.1) is 41.4 Å². The summed E-state index contributed by atoms with van der Waals surface area (Å²) >= 11 is 5.87. The van der Waals surface area contributed by atoms with E-state index in [0.29, 0.717) is 40.8 Å². The van der Waals surface area contributed by atoms with Gasteiger partial charge in [0, 0.05) is 60.0 Å². The molecular weight excluding hydrogens is 645 g/mol. The zero-order chi connectivity index (χ0) is 33.3. The number of halogens is 2. The van der Waals surface area contributed by atoms with E-state index in [4.69, 9.17) is 31.0 Å². The SMILES string of the molecule is O=C(Nc1ccn2nccc2c1)c1ccc2c(c1)nc(CN1CC=C(c3cccc(OCc4ccc(Cl)cc4F)n3)CC1)n2CC1CCO1. The van der Waals surface area contributed by atoms with Crippen LogP contribution < -0.4 is 10.1 Å². The van der Waals surface area contributed by atoms with Crippen molar-refractivity contribution >= 4 is 45.3 Å². The number of aromatic nitrogens is 5. The first-order chi connectivity index (χ1) is 23.9. The average molecular weight is 678 g/mol. The molecule has 2 aliphatic heterocycles. The molecule has 4 aromatic heterocycles. The van der Waals surface area contributed by atoms with Gasteiger partial charge >= 0.3 is 0 Å². The quantitative estimate of drug-likeness (QED) is 0.171. The Hall–Kier alpha value is -5.10. The zero-order valence-electron chi connectivity index (χ0n) is 26.6. The van der Waals surface area contributed by atoms with Crippen molar-refractivity contribution in [2.45, 2.75) is 38.6 Å². The molecule has 248 valence electrons. The van der Waals surface area contributed by atoms with Crippen molar-refractivity contribution < 1.29 is 18.7 Å². The molecule has 1 amide bonds. The van der Waals surface area contributed by atoms with Gasteiger partial charge in [-0.3, -0.25) is 9.69 Å². The lowest BCUT2D eigenvalue weighted by Crippen LogP contribution is -2.33. The Labute approximate surface area is 286 Å². The molecule has 12 heteroatoms. The van der Waals surface area contributed by atoms with E-state index in [1.165, 1.54) is 6.07 Å². The highest BCUT2D eigenvalue weighted by Gasteiger charge is 2.24. The smallest absolute Gasteiger partial charge is 0.255 e. The molecule has 1 fully saturated rings. The van der Waals surface area contributed by atoms with E-state index in [9.17, 15) is 9.18 Å². The molecule has 6 heterocycles. The van der Waals surface area contributed by atoms with Gasteiger partial charge in [-0.05, 0) is 73.0 Å². The monoisotopic (exact) mass is 677 g/mol. The van der Waals surface area contributed by atoms with E-state index in [1.54, 1.807) is 28.9 Å². The zero-order valence-corrected chi connectivity index (χ0v) is 27.3. The van der Waals surface area contributed by atoms with Crippen LogP contribution in [-0.2, 0) is 24.4 Å². The van der Waals surface area contributed by atoms with Gasteiger partial charge in [0.25, 0.3) is 5.91 Å². The van der Waals surface area contributed by atoms with E-state index in [-0.39, 0.29) is 18.6 Å². The van der Waals surface area contributed by atoms with E-state index >= 15 is 0 Å². The van der Waals surface area contributed by atoms with Crippen LogP contribution in [0, 0.1) is 5.82 Å². The Bertz CT molecular complexity index is 2210. The van der Waals surface area contributed by atoms with Crippen LogP contribution in [0.2, 0.25) is 5.02 Å². The number of carbonyl (C=O) groups excluding carboxylic acids is 1. The van der Waals surface area contributed by atoms with Crippen molar-refractivity contribution in [3.05, 3.63) is 125 Å². The summed E-state index contributed by atoms with van der Waals surface area (Å²) in [7, 11) is 0. The largest absolute Gasteiger partial charge is 0.473 e. The number of pyridine rings is 2. The Morgan fingerprint density at radius 1 is 1.08 bits per heavy atom. The van der Waals surface area contributed by atoms with Gasteiger partial charge in [-0.1, -0.05) is 29.8 Å². The maximum absolute atomic E-state index is 14.2. The van der Waals surface area contributed by atoms with Crippen LogP contribution in [0.15, 0.2) is 91.3 Å². The van der Waals surface area contributed by atoms with Crippen molar-refractivity contribution in [2.24, 2.45) is 0 Å². The van der Waals surface area contributed by atoms with Crippen LogP contribution in [0.4, 0.5) is 10.1 Å². The molecule has 0 radical (unpaired) electrons. The minimum absolute atomic E-state index is 0.0634. The summed E-state index contributed by atoms with van der Waals surface area (Å²) in [6.07, 6.45) is 7.71. The third-order valence-corrected chi connectivity index (χ3v) is 9.26. The molecule has 0 aliphatic carbocycles.